The van der Waals surface area contributed by atoms with Gasteiger partial charge in [0.15, 0.2) is 0 Å². The van der Waals surface area contributed by atoms with Gasteiger partial charge in [-0.15, -0.1) is 0 Å². The number of halogens is 2. The van der Waals surface area contributed by atoms with Crippen LogP contribution >= 0.6 is 11.8 Å². The maximum atomic E-state index is 13.5. The normalized spacial score (nSPS) is 10.5. The number of aromatic nitrogens is 2. The van der Waals surface area contributed by atoms with Crippen molar-refractivity contribution in [3.63, 3.8) is 0 Å². The molecule has 3 nitrogen and oxygen atoms in total. The lowest BCUT2D eigenvalue weighted by molar-refractivity contribution is 0.565. The van der Waals surface area contributed by atoms with Gasteiger partial charge in [-0.1, -0.05) is 18.7 Å². The van der Waals surface area contributed by atoms with Crippen molar-refractivity contribution in [2.45, 2.75) is 23.3 Å². The molecule has 19 heavy (non-hydrogen) atoms. The summed E-state index contributed by atoms with van der Waals surface area (Å²) in [6.07, 6.45) is 4.14. The molecule has 6 heteroatoms. The van der Waals surface area contributed by atoms with Crippen LogP contribution in [0.5, 0.6) is 0 Å². The van der Waals surface area contributed by atoms with Gasteiger partial charge >= 0.3 is 0 Å². The van der Waals surface area contributed by atoms with Crippen LogP contribution < -0.4 is 5.32 Å². The van der Waals surface area contributed by atoms with Crippen molar-refractivity contribution in [2.75, 3.05) is 11.9 Å². The van der Waals surface area contributed by atoms with Crippen molar-refractivity contribution < 1.29 is 8.78 Å². The molecule has 0 spiro atoms. The van der Waals surface area contributed by atoms with Crippen LogP contribution in [0.2, 0.25) is 0 Å². The molecule has 0 saturated heterocycles. The van der Waals surface area contributed by atoms with Crippen molar-refractivity contribution in [2.24, 2.45) is 0 Å². The summed E-state index contributed by atoms with van der Waals surface area (Å²) < 4.78 is 26.3. The third-order valence-corrected chi connectivity index (χ3v) is 3.23. The Morgan fingerprint density at radius 3 is 2.84 bits per heavy atom. The molecule has 1 aromatic carbocycles. The minimum absolute atomic E-state index is 0.323. The highest BCUT2D eigenvalue weighted by molar-refractivity contribution is 7.99. The molecule has 0 fully saturated rings. The third-order valence-electron chi connectivity index (χ3n) is 2.28. The topological polar surface area (TPSA) is 37.8 Å². The van der Waals surface area contributed by atoms with Crippen molar-refractivity contribution in [3.8, 4) is 0 Å². The van der Waals surface area contributed by atoms with Crippen molar-refractivity contribution >= 4 is 17.6 Å². The Labute approximate surface area is 114 Å². The lowest BCUT2D eigenvalue weighted by Gasteiger charge is -2.06. The van der Waals surface area contributed by atoms with Gasteiger partial charge in [-0.2, -0.15) is 0 Å². The second-order valence-corrected chi connectivity index (χ2v) is 4.91. The predicted octanol–water partition coefficient (Wildman–Crippen LogP) is 3.73. The number of benzene rings is 1. The van der Waals surface area contributed by atoms with Crippen LogP contribution in [0, 0.1) is 11.6 Å². The van der Waals surface area contributed by atoms with Gasteiger partial charge in [-0.25, -0.2) is 13.8 Å². The van der Waals surface area contributed by atoms with E-state index in [1.165, 1.54) is 12.1 Å². The molecule has 0 aliphatic rings. The molecule has 1 aromatic heterocycles. The quantitative estimate of drug-likeness (QED) is 0.906. The van der Waals surface area contributed by atoms with Crippen LogP contribution in [0.15, 0.2) is 40.5 Å². The molecule has 100 valence electrons. The Morgan fingerprint density at radius 1 is 1.26 bits per heavy atom. The molecule has 0 aliphatic carbocycles. The van der Waals surface area contributed by atoms with Crippen LogP contribution in [0.25, 0.3) is 0 Å². The lowest BCUT2D eigenvalue weighted by atomic mass is 10.3. The first-order chi connectivity index (χ1) is 9.19. The van der Waals surface area contributed by atoms with E-state index in [1.54, 1.807) is 12.4 Å². The summed E-state index contributed by atoms with van der Waals surface area (Å²) in [6, 6.07) is 3.47. The van der Waals surface area contributed by atoms with Gasteiger partial charge in [0.25, 0.3) is 0 Å². The summed E-state index contributed by atoms with van der Waals surface area (Å²) in [5, 5.41) is 3.67. The minimum Gasteiger partial charge on any atom is -0.369 e. The zero-order valence-corrected chi connectivity index (χ0v) is 11.2. The van der Waals surface area contributed by atoms with Gasteiger partial charge in [0.05, 0.1) is 12.4 Å². The molecule has 0 bridgehead atoms. The molecule has 0 aliphatic heterocycles. The summed E-state index contributed by atoms with van der Waals surface area (Å²) >= 11 is 1.12. The fourth-order valence-corrected chi connectivity index (χ4v) is 2.18. The molecular weight excluding hydrogens is 268 g/mol. The zero-order chi connectivity index (χ0) is 13.7. The first-order valence-corrected chi connectivity index (χ1v) is 6.69. The summed E-state index contributed by atoms with van der Waals surface area (Å²) in [4.78, 5) is 8.66. The summed E-state index contributed by atoms with van der Waals surface area (Å²) in [5.74, 6) is -0.542. The van der Waals surface area contributed by atoms with Crippen molar-refractivity contribution in [3.05, 3.63) is 42.2 Å². The number of nitrogens with one attached hydrogen (secondary N) is 1. The second kappa shape index (κ2) is 6.47. The molecule has 2 aromatic rings. The Kier molecular flexibility index (Phi) is 4.68. The molecule has 0 atom stereocenters. The smallest absolute Gasteiger partial charge is 0.145 e. The highest BCUT2D eigenvalue weighted by Crippen LogP contribution is 2.28. The van der Waals surface area contributed by atoms with Crippen LogP contribution in [0.1, 0.15) is 13.3 Å². The number of rotatable bonds is 5. The summed E-state index contributed by atoms with van der Waals surface area (Å²) in [5.41, 5.74) is 0. The van der Waals surface area contributed by atoms with Gasteiger partial charge in [-0.05, 0) is 18.6 Å². The molecule has 0 amide bonds. The average molecular weight is 281 g/mol. The molecule has 0 unspecified atom stereocenters. The average Bonchev–Trinajstić information content (AvgIpc) is 2.40. The zero-order valence-electron chi connectivity index (χ0n) is 10.4. The third kappa shape index (κ3) is 3.89. The molecule has 1 N–H and O–H groups in total. The fourth-order valence-electron chi connectivity index (χ4n) is 1.41. The Hall–Kier alpha value is -1.69. The van der Waals surface area contributed by atoms with Crippen LogP contribution in [0.3, 0.4) is 0 Å². The largest absolute Gasteiger partial charge is 0.369 e. The van der Waals surface area contributed by atoms with E-state index in [2.05, 4.69) is 15.3 Å². The minimum atomic E-state index is -0.598. The number of nitrogens with zero attached hydrogens (tertiary/aromatic N) is 2. The lowest BCUT2D eigenvalue weighted by Crippen LogP contribution is -2.02. The Morgan fingerprint density at radius 2 is 2.11 bits per heavy atom. The van der Waals surface area contributed by atoms with Gasteiger partial charge < -0.3 is 5.32 Å². The Bertz CT molecular complexity index is 563. The van der Waals surface area contributed by atoms with Crippen molar-refractivity contribution in [1.82, 2.24) is 9.97 Å². The predicted molar refractivity (Wildman–Crippen MR) is 71.3 cm³/mol. The number of hydrogen-bond donors (Lipinski definition) is 1. The standard InChI is InChI=1S/C13H13F2N3S/c1-2-5-17-12-7-16-8-13(18-12)19-11-4-3-9(14)6-10(11)15/h3-4,6-8H,2,5H2,1H3,(H,17,18). The van der Waals surface area contributed by atoms with Crippen molar-refractivity contribution in [1.29, 1.82) is 0 Å². The van der Waals surface area contributed by atoms with Crippen LogP contribution in [-0.2, 0) is 0 Å². The first kappa shape index (κ1) is 13.7. The van der Waals surface area contributed by atoms with E-state index in [0.717, 1.165) is 30.8 Å². The van der Waals surface area contributed by atoms with E-state index in [0.29, 0.717) is 15.7 Å². The molecular formula is C13H13F2N3S. The highest BCUT2D eigenvalue weighted by Gasteiger charge is 2.07. The molecule has 1 heterocycles. The van der Waals surface area contributed by atoms with E-state index in [4.69, 9.17) is 0 Å². The maximum absolute atomic E-state index is 13.5. The van der Waals surface area contributed by atoms with Crippen LogP contribution in [-0.4, -0.2) is 16.5 Å². The summed E-state index contributed by atoms with van der Waals surface area (Å²) in [7, 11) is 0. The molecule has 0 saturated carbocycles. The first-order valence-electron chi connectivity index (χ1n) is 5.88. The van der Waals surface area contributed by atoms with E-state index < -0.39 is 11.6 Å². The van der Waals surface area contributed by atoms with Gasteiger partial charge in [-0.3, -0.25) is 4.98 Å². The highest BCUT2D eigenvalue weighted by atomic mass is 32.2. The Balaban J connectivity index is 2.14. The van der Waals surface area contributed by atoms with Crippen LogP contribution in [0.4, 0.5) is 14.6 Å². The number of hydrogen-bond acceptors (Lipinski definition) is 4. The summed E-state index contributed by atoms with van der Waals surface area (Å²) in [6.45, 7) is 2.85. The molecule has 2 rings (SSSR count). The van der Waals surface area contributed by atoms with E-state index in [9.17, 15) is 8.78 Å². The van der Waals surface area contributed by atoms with Gasteiger partial charge in [0.1, 0.15) is 22.5 Å². The van der Waals surface area contributed by atoms with E-state index >= 15 is 0 Å². The van der Waals surface area contributed by atoms with E-state index in [1.807, 2.05) is 6.92 Å². The number of anilines is 1. The monoisotopic (exact) mass is 281 g/mol. The van der Waals surface area contributed by atoms with Gasteiger partial charge in [0, 0.05) is 17.5 Å². The molecule has 0 radical (unpaired) electrons. The maximum Gasteiger partial charge on any atom is 0.145 e. The second-order valence-electron chi connectivity index (χ2n) is 3.85. The fraction of sp³-hybridized carbons (Fsp3) is 0.231. The van der Waals surface area contributed by atoms with E-state index in [-0.39, 0.29) is 0 Å². The SMILES string of the molecule is CCCNc1cncc(Sc2ccc(F)cc2F)n1. The van der Waals surface area contributed by atoms with Gasteiger partial charge in [0.2, 0.25) is 0 Å².